The standard InChI is InChI=1S/C20H26N2/c1-21-18-9-5-4-8-16(18)17-10-11-22-13-15-7-3-2-6-14(15)12-19(22)20(17)21/h4-5,8-9,14-15,19H,2-3,6-7,10-13H2,1H3/t14-,15+,19-/m0/s1. The van der Waals surface area contributed by atoms with Crippen LogP contribution in [0.15, 0.2) is 24.3 Å². The van der Waals surface area contributed by atoms with Crippen LogP contribution in [0.3, 0.4) is 0 Å². The SMILES string of the molecule is Cn1c2c(c3ccccc31)CCN1C[C@H]3CCCC[C@H]3C[C@@H]21. The predicted octanol–water partition coefficient (Wildman–Crippen LogP) is 4.29. The smallest absolute Gasteiger partial charge is 0.0506 e. The summed E-state index contributed by atoms with van der Waals surface area (Å²) in [6, 6.07) is 9.69. The zero-order valence-corrected chi connectivity index (χ0v) is 13.6. The van der Waals surface area contributed by atoms with Crippen molar-refractivity contribution in [2.24, 2.45) is 18.9 Å². The maximum absolute atomic E-state index is 2.81. The van der Waals surface area contributed by atoms with Gasteiger partial charge in [0, 0.05) is 36.7 Å². The first-order valence-corrected chi connectivity index (χ1v) is 9.13. The molecule has 0 amide bonds. The maximum Gasteiger partial charge on any atom is 0.0506 e. The van der Waals surface area contributed by atoms with Crippen LogP contribution in [-0.4, -0.2) is 22.6 Å². The number of nitrogens with zero attached hydrogens (tertiary/aromatic N) is 2. The number of piperidine rings is 1. The molecule has 1 aliphatic carbocycles. The fraction of sp³-hybridized carbons (Fsp3) is 0.600. The minimum atomic E-state index is 0.681. The lowest BCUT2D eigenvalue weighted by atomic mass is 9.71. The van der Waals surface area contributed by atoms with Crippen LogP contribution in [0.5, 0.6) is 0 Å². The molecule has 3 atom stereocenters. The molecule has 5 rings (SSSR count). The van der Waals surface area contributed by atoms with Gasteiger partial charge in [-0.15, -0.1) is 0 Å². The third-order valence-corrected chi connectivity index (χ3v) is 6.73. The van der Waals surface area contributed by atoms with Gasteiger partial charge in [-0.3, -0.25) is 4.90 Å². The van der Waals surface area contributed by atoms with Crippen LogP contribution in [0, 0.1) is 11.8 Å². The van der Waals surface area contributed by atoms with E-state index in [9.17, 15) is 0 Å². The Balaban J connectivity index is 1.61. The number of para-hydroxylation sites is 1. The molecule has 2 aliphatic heterocycles. The third kappa shape index (κ3) is 1.76. The monoisotopic (exact) mass is 294 g/mol. The number of hydrogen-bond acceptors (Lipinski definition) is 1. The Kier molecular flexibility index (Phi) is 2.91. The molecule has 0 unspecified atom stereocenters. The van der Waals surface area contributed by atoms with E-state index in [1.54, 1.807) is 11.3 Å². The highest BCUT2D eigenvalue weighted by atomic mass is 15.2. The van der Waals surface area contributed by atoms with E-state index in [0.717, 1.165) is 11.8 Å². The van der Waals surface area contributed by atoms with Crippen molar-refractivity contribution in [2.75, 3.05) is 13.1 Å². The molecular formula is C20H26N2. The van der Waals surface area contributed by atoms with Crippen molar-refractivity contribution in [2.45, 2.75) is 44.6 Å². The van der Waals surface area contributed by atoms with E-state index in [2.05, 4.69) is 40.8 Å². The van der Waals surface area contributed by atoms with E-state index in [0.29, 0.717) is 6.04 Å². The lowest BCUT2D eigenvalue weighted by molar-refractivity contribution is 0.0293. The molecule has 22 heavy (non-hydrogen) atoms. The lowest BCUT2D eigenvalue weighted by Gasteiger charge is -2.48. The van der Waals surface area contributed by atoms with Gasteiger partial charge in [-0.05, 0) is 42.7 Å². The molecule has 0 bridgehead atoms. The average molecular weight is 294 g/mol. The Bertz CT molecular complexity index is 714. The fourth-order valence-corrected chi connectivity index (χ4v) is 5.67. The molecule has 2 fully saturated rings. The van der Waals surface area contributed by atoms with Crippen molar-refractivity contribution >= 4 is 10.9 Å². The summed E-state index contributed by atoms with van der Waals surface area (Å²) < 4.78 is 2.50. The second kappa shape index (κ2) is 4.86. The highest BCUT2D eigenvalue weighted by molar-refractivity contribution is 5.86. The molecule has 0 radical (unpaired) electrons. The third-order valence-electron chi connectivity index (χ3n) is 6.73. The van der Waals surface area contributed by atoms with Gasteiger partial charge in [0.25, 0.3) is 0 Å². The number of aryl methyl sites for hydroxylation is 1. The van der Waals surface area contributed by atoms with Gasteiger partial charge >= 0.3 is 0 Å². The Labute approximate surface area is 133 Å². The van der Waals surface area contributed by atoms with Gasteiger partial charge in [-0.1, -0.05) is 37.5 Å². The first-order valence-electron chi connectivity index (χ1n) is 9.13. The maximum atomic E-state index is 2.81. The van der Waals surface area contributed by atoms with Gasteiger partial charge < -0.3 is 4.57 Å². The van der Waals surface area contributed by atoms with Crippen LogP contribution in [-0.2, 0) is 13.5 Å². The summed E-state index contributed by atoms with van der Waals surface area (Å²) in [5, 5.41) is 1.51. The molecule has 1 saturated carbocycles. The Hall–Kier alpha value is -1.28. The number of benzene rings is 1. The second-order valence-electron chi connectivity index (χ2n) is 7.74. The van der Waals surface area contributed by atoms with Crippen molar-refractivity contribution in [3.63, 3.8) is 0 Å². The number of rotatable bonds is 0. The van der Waals surface area contributed by atoms with E-state index < -0.39 is 0 Å². The molecule has 1 aromatic carbocycles. The molecule has 1 saturated heterocycles. The van der Waals surface area contributed by atoms with Crippen LogP contribution in [0.1, 0.15) is 49.4 Å². The van der Waals surface area contributed by atoms with E-state index >= 15 is 0 Å². The molecule has 2 heteroatoms. The molecular weight excluding hydrogens is 268 g/mol. The second-order valence-corrected chi connectivity index (χ2v) is 7.74. The Morgan fingerprint density at radius 3 is 2.77 bits per heavy atom. The molecule has 1 aromatic heterocycles. The largest absolute Gasteiger partial charge is 0.346 e. The summed E-state index contributed by atoms with van der Waals surface area (Å²) in [7, 11) is 2.29. The molecule has 2 aromatic rings. The Morgan fingerprint density at radius 1 is 1.05 bits per heavy atom. The number of hydrogen-bond donors (Lipinski definition) is 0. The lowest BCUT2D eigenvalue weighted by Crippen LogP contribution is -2.47. The highest BCUT2D eigenvalue weighted by Gasteiger charge is 2.41. The van der Waals surface area contributed by atoms with Gasteiger partial charge in [-0.2, -0.15) is 0 Å². The molecule has 0 N–H and O–H groups in total. The molecule has 0 spiro atoms. The van der Waals surface area contributed by atoms with Crippen molar-refractivity contribution in [1.29, 1.82) is 0 Å². The van der Waals surface area contributed by atoms with Crippen LogP contribution in [0.4, 0.5) is 0 Å². The summed E-state index contributed by atoms with van der Waals surface area (Å²) in [5.74, 6) is 1.97. The number of fused-ring (bicyclic) bond motifs is 6. The van der Waals surface area contributed by atoms with Crippen LogP contribution in [0.25, 0.3) is 10.9 Å². The number of aromatic nitrogens is 1. The zero-order valence-electron chi connectivity index (χ0n) is 13.6. The Morgan fingerprint density at radius 2 is 1.86 bits per heavy atom. The van der Waals surface area contributed by atoms with Crippen molar-refractivity contribution in [3.8, 4) is 0 Å². The zero-order chi connectivity index (χ0) is 14.7. The summed E-state index contributed by atoms with van der Waals surface area (Å²) in [6.07, 6.45) is 8.55. The van der Waals surface area contributed by atoms with Crippen LogP contribution < -0.4 is 0 Å². The first-order chi connectivity index (χ1) is 10.8. The summed E-state index contributed by atoms with van der Waals surface area (Å²) in [5.41, 5.74) is 4.71. The summed E-state index contributed by atoms with van der Waals surface area (Å²) in [4.78, 5) is 2.81. The van der Waals surface area contributed by atoms with Crippen molar-refractivity contribution < 1.29 is 0 Å². The van der Waals surface area contributed by atoms with E-state index in [1.165, 1.54) is 62.5 Å². The normalized spacial score (nSPS) is 31.6. The van der Waals surface area contributed by atoms with Crippen molar-refractivity contribution in [3.05, 3.63) is 35.5 Å². The van der Waals surface area contributed by atoms with Gasteiger partial charge in [0.1, 0.15) is 0 Å². The van der Waals surface area contributed by atoms with Crippen LogP contribution >= 0.6 is 0 Å². The van der Waals surface area contributed by atoms with Crippen molar-refractivity contribution in [1.82, 2.24) is 9.47 Å². The van der Waals surface area contributed by atoms with Gasteiger partial charge in [0.15, 0.2) is 0 Å². The molecule has 2 nitrogen and oxygen atoms in total. The van der Waals surface area contributed by atoms with E-state index in [4.69, 9.17) is 0 Å². The van der Waals surface area contributed by atoms with Gasteiger partial charge in [0.2, 0.25) is 0 Å². The topological polar surface area (TPSA) is 8.17 Å². The predicted molar refractivity (Wildman–Crippen MR) is 91.0 cm³/mol. The summed E-state index contributed by atoms with van der Waals surface area (Å²) in [6.45, 7) is 2.63. The molecule has 116 valence electrons. The fourth-order valence-electron chi connectivity index (χ4n) is 5.67. The summed E-state index contributed by atoms with van der Waals surface area (Å²) >= 11 is 0. The van der Waals surface area contributed by atoms with E-state index in [1.807, 2.05) is 0 Å². The molecule has 3 aliphatic rings. The minimum Gasteiger partial charge on any atom is -0.346 e. The quantitative estimate of drug-likeness (QED) is 0.704. The van der Waals surface area contributed by atoms with Gasteiger partial charge in [-0.25, -0.2) is 0 Å². The minimum absolute atomic E-state index is 0.681. The first kappa shape index (κ1) is 13.2. The average Bonchev–Trinajstić information content (AvgIpc) is 2.87. The molecule has 3 heterocycles. The van der Waals surface area contributed by atoms with Crippen LogP contribution in [0.2, 0.25) is 0 Å². The highest BCUT2D eigenvalue weighted by Crippen LogP contribution is 2.47. The van der Waals surface area contributed by atoms with Gasteiger partial charge in [0.05, 0.1) is 6.04 Å². The van der Waals surface area contributed by atoms with E-state index in [-0.39, 0.29) is 0 Å².